The summed E-state index contributed by atoms with van der Waals surface area (Å²) in [5, 5.41) is 2.45. The third kappa shape index (κ3) is 4.87. The van der Waals surface area contributed by atoms with E-state index in [1.54, 1.807) is 6.08 Å². The SMILES string of the molecule is Cc1ccccc1NC(=O)CCN1C(=O)SC(=Cc2cccc(Br)c2)C1=O. The summed E-state index contributed by atoms with van der Waals surface area (Å²) in [5.41, 5.74) is 2.51. The van der Waals surface area contributed by atoms with Gasteiger partial charge in [0.2, 0.25) is 5.91 Å². The Morgan fingerprint density at radius 3 is 2.70 bits per heavy atom. The molecule has 7 heteroatoms. The summed E-state index contributed by atoms with van der Waals surface area (Å²) in [6, 6.07) is 14.9. The van der Waals surface area contributed by atoms with E-state index in [2.05, 4.69) is 21.2 Å². The number of benzene rings is 2. The summed E-state index contributed by atoms with van der Waals surface area (Å²) in [6.07, 6.45) is 1.74. The molecular weight excluding hydrogens is 428 g/mol. The maximum atomic E-state index is 12.5. The van der Waals surface area contributed by atoms with Crippen molar-refractivity contribution < 1.29 is 14.4 Å². The summed E-state index contributed by atoms with van der Waals surface area (Å²) in [7, 11) is 0. The van der Waals surface area contributed by atoms with Crippen LogP contribution in [-0.4, -0.2) is 28.5 Å². The Bertz CT molecular complexity index is 942. The summed E-state index contributed by atoms with van der Waals surface area (Å²) in [5.74, 6) is -0.604. The molecule has 1 heterocycles. The van der Waals surface area contributed by atoms with Crippen molar-refractivity contribution >= 4 is 56.5 Å². The van der Waals surface area contributed by atoms with E-state index in [0.717, 1.165) is 37.9 Å². The van der Waals surface area contributed by atoms with E-state index in [1.165, 1.54) is 0 Å². The number of carbonyl (C=O) groups excluding carboxylic acids is 3. The summed E-state index contributed by atoms with van der Waals surface area (Å²) in [6.45, 7) is 1.96. The van der Waals surface area contributed by atoms with Gasteiger partial charge in [-0.25, -0.2) is 0 Å². The predicted molar refractivity (Wildman–Crippen MR) is 111 cm³/mol. The van der Waals surface area contributed by atoms with Crippen LogP contribution in [0.2, 0.25) is 0 Å². The molecule has 0 spiro atoms. The number of hydrogen-bond donors (Lipinski definition) is 1. The second kappa shape index (κ2) is 8.54. The number of rotatable bonds is 5. The molecule has 0 atom stereocenters. The van der Waals surface area contributed by atoms with Crippen LogP contribution in [0.25, 0.3) is 6.08 Å². The van der Waals surface area contributed by atoms with E-state index in [-0.39, 0.29) is 30.0 Å². The fourth-order valence-corrected chi connectivity index (χ4v) is 3.86. The molecule has 0 aliphatic carbocycles. The number of halogens is 1. The average molecular weight is 445 g/mol. The zero-order chi connectivity index (χ0) is 19.4. The van der Waals surface area contributed by atoms with Crippen LogP contribution in [-0.2, 0) is 9.59 Å². The van der Waals surface area contributed by atoms with E-state index in [9.17, 15) is 14.4 Å². The Labute approximate surface area is 169 Å². The molecule has 1 saturated heterocycles. The number of hydrogen-bond acceptors (Lipinski definition) is 4. The molecule has 0 saturated carbocycles. The molecule has 2 aromatic rings. The van der Waals surface area contributed by atoms with Crippen LogP contribution in [0.3, 0.4) is 0 Å². The van der Waals surface area contributed by atoms with Crippen LogP contribution < -0.4 is 5.32 Å². The molecule has 5 nitrogen and oxygen atoms in total. The van der Waals surface area contributed by atoms with Gasteiger partial charge in [-0.3, -0.25) is 19.3 Å². The minimum atomic E-state index is -0.367. The van der Waals surface area contributed by atoms with Gasteiger partial charge in [0, 0.05) is 23.1 Å². The van der Waals surface area contributed by atoms with Gasteiger partial charge in [0.1, 0.15) is 0 Å². The van der Waals surface area contributed by atoms with Gasteiger partial charge in [0.05, 0.1) is 4.91 Å². The van der Waals surface area contributed by atoms with Crippen molar-refractivity contribution in [2.75, 3.05) is 11.9 Å². The maximum Gasteiger partial charge on any atom is 0.293 e. The lowest BCUT2D eigenvalue weighted by Gasteiger charge is -2.13. The van der Waals surface area contributed by atoms with Gasteiger partial charge in [-0.1, -0.05) is 46.3 Å². The Hall–Kier alpha value is -2.38. The van der Waals surface area contributed by atoms with Gasteiger partial charge in [0.15, 0.2) is 0 Å². The Morgan fingerprint density at radius 2 is 1.96 bits per heavy atom. The van der Waals surface area contributed by atoms with Crippen molar-refractivity contribution in [2.45, 2.75) is 13.3 Å². The lowest BCUT2D eigenvalue weighted by molar-refractivity contribution is -0.123. The number of nitrogens with zero attached hydrogens (tertiary/aromatic N) is 1. The van der Waals surface area contributed by atoms with Gasteiger partial charge < -0.3 is 5.32 Å². The van der Waals surface area contributed by atoms with Crippen LogP contribution >= 0.6 is 27.7 Å². The number of anilines is 1. The smallest absolute Gasteiger partial charge is 0.293 e. The first kappa shape index (κ1) is 19.4. The van der Waals surface area contributed by atoms with Crippen LogP contribution in [0.4, 0.5) is 10.5 Å². The molecule has 27 heavy (non-hydrogen) atoms. The highest BCUT2D eigenvalue weighted by Crippen LogP contribution is 2.32. The average Bonchev–Trinajstić information content (AvgIpc) is 2.88. The number of amides is 3. The van der Waals surface area contributed by atoms with Gasteiger partial charge >= 0.3 is 0 Å². The predicted octanol–water partition coefficient (Wildman–Crippen LogP) is 4.82. The second-order valence-electron chi connectivity index (χ2n) is 6.00. The van der Waals surface area contributed by atoms with Crippen LogP contribution in [0, 0.1) is 6.92 Å². The van der Waals surface area contributed by atoms with Crippen molar-refractivity contribution in [3.63, 3.8) is 0 Å². The maximum absolute atomic E-state index is 12.5. The number of thioether (sulfide) groups is 1. The standard InChI is InChI=1S/C20H17BrN2O3S/c1-13-5-2-3-8-16(13)22-18(24)9-10-23-19(25)17(27-20(23)26)12-14-6-4-7-15(21)11-14/h2-8,11-12H,9-10H2,1H3,(H,22,24). The van der Waals surface area contributed by atoms with E-state index >= 15 is 0 Å². The van der Waals surface area contributed by atoms with Crippen molar-refractivity contribution in [1.29, 1.82) is 0 Å². The molecule has 1 aliphatic heterocycles. The molecule has 2 aromatic carbocycles. The topological polar surface area (TPSA) is 66.5 Å². The largest absolute Gasteiger partial charge is 0.326 e. The zero-order valence-electron chi connectivity index (χ0n) is 14.6. The molecule has 0 aromatic heterocycles. The van der Waals surface area contributed by atoms with Gasteiger partial charge in [-0.05, 0) is 54.1 Å². The molecule has 0 unspecified atom stereocenters. The minimum Gasteiger partial charge on any atom is -0.326 e. The third-order valence-corrected chi connectivity index (χ3v) is 5.40. The van der Waals surface area contributed by atoms with Crippen molar-refractivity contribution in [3.05, 3.63) is 69.0 Å². The Kier molecular flexibility index (Phi) is 6.13. The number of nitrogens with one attached hydrogen (secondary N) is 1. The first-order chi connectivity index (χ1) is 12.9. The first-order valence-corrected chi connectivity index (χ1v) is 9.91. The molecule has 1 N–H and O–H groups in total. The number of para-hydroxylation sites is 1. The van der Waals surface area contributed by atoms with Crippen LogP contribution in [0.15, 0.2) is 57.9 Å². The molecule has 0 bridgehead atoms. The fraction of sp³-hybridized carbons (Fsp3) is 0.150. The van der Waals surface area contributed by atoms with E-state index in [0.29, 0.717) is 4.91 Å². The second-order valence-corrected chi connectivity index (χ2v) is 7.91. The van der Waals surface area contributed by atoms with Crippen LogP contribution in [0.5, 0.6) is 0 Å². The summed E-state index contributed by atoms with van der Waals surface area (Å²) >= 11 is 4.27. The number of imide groups is 1. The molecule has 138 valence electrons. The molecule has 3 amide bonds. The molecule has 3 rings (SSSR count). The first-order valence-electron chi connectivity index (χ1n) is 8.30. The summed E-state index contributed by atoms with van der Waals surface area (Å²) < 4.78 is 0.892. The highest BCUT2D eigenvalue weighted by molar-refractivity contribution is 9.10. The monoisotopic (exact) mass is 444 g/mol. The molecule has 1 aliphatic rings. The third-order valence-electron chi connectivity index (χ3n) is 4.00. The molecule has 1 fully saturated rings. The highest BCUT2D eigenvalue weighted by atomic mass is 79.9. The quantitative estimate of drug-likeness (QED) is 0.670. The van der Waals surface area contributed by atoms with Gasteiger partial charge in [-0.15, -0.1) is 0 Å². The lowest BCUT2D eigenvalue weighted by Crippen LogP contribution is -2.31. The van der Waals surface area contributed by atoms with Crippen molar-refractivity contribution in [3.8, 4) is 0 Å². The molecular formula is C20H17BrN2O3S. The van der Waals surface area contributed by atoms with E-state index in [4.69, 9.17) is 0 Å². The van der Waals surface area contributed by atoms with Gasteiger partial charge in [0.25, 0.3) is 11.1 Å². The van der Waals surface area contributed by atoms with Gasteiger partial charge in [-0.2, -0.15) is 0 Å². The van der Waals surface area contributed by atoms with E-state index in [1.807, 2.05) is 55.5 Å². The van der Waals surface area contributed by atoms with Crippen LogP contribution in [0.1, 0.15) is 17.5 Å². The minimum absolute atomic E-state index is 0.0521. The van der Waals surface area contributed by atoms with Crippen molar-refractivity contribution in [2.24, 2.45) is 0 Å². The van der Waals surface area contributed by atoms with E-state index < -0.39 is 0 Å². The molecule has 0 radical (unpaired) electrons. The Morgan fingerprint density at radius 1 is 1.19 bits per heavy atom. The zero-order valence-corrected chi connectivity index (χ0v) is 17.0. The normalized spacial score (nSPS) is 15.5. The van der Waals surface area contributed by atoms with Crippen molar-refractivity contribution in [1.82, 2.24) is 4.90 Å². The highest BCUT2D eigenvalue weighted by Gasteiger charge is 2.35. The Balaban J connectivity index is 1.62. The number of carbonyl (C=O) groups is 3. The lowest BCUT2D eigenvalue weighted by atomic mass is 10.2. The fourth-order valence-electron chi connectivity index (χ4n) is 2.58. The number of aryl methyl sites for hydroxylation is 1. The summed E-state index contributed by atoms with van der Waals surface area (Å²) in [4.78, 5) is 38.3.